The van der Waals surface area contributed by atoms with Crippen molar-refractivity contribution >= 4 is 8.24 Å². The molecule has 16 heavy (non-hydrogen) atoms. The number of hydrogen-bond acceptors (Lipinski definition) is 2. The molecule has 0 amide bonds. The second kappa shape index (κ2) is 6.84. The van der Waals surface area contributed by atoms with Crippen molar-refractivity contribution in [3.05, 3.63) is 35.9 Å². The third-order valence-electron chi connectivity index (χ3n) is 2.45. The van der Waals surface area contributed by atoms with Gasteiger partial charge in [0.05, 0.1) is 6.73 Å². The van der Waals surface area contributed by atoms with Crippen LogP contribution in [0.4, 0.5) is 0 Å². The van der Waals surface area contributed by atoms with Crippen LogP contribution in [0.5, 0.6) is 0 Å². The Balaban J connectivity index is 0.00000225. The Hall–Kier alpha value is -0.643. The van der Waals surface area contributed by atoms with Crippen LogP contribution in [-0.4, -0.2) is 26.6 Å². The minimum atomic E-state index is -1.28. The lowest BCUT2D eigenvalue weighted by Gasteiger charge is -2.33. The molecule has 2 nitrogen and oxygen atoms in total. The maximum Gasteiger partial charge on any atom is 0.122 e. The van der Waals surface area contributed by atoms with Crippen molar-refractivity contribution in [1.29, 1.82) is 0 Å². The Morgan fingerprint density at radius 1 is 1.12 bits per heavy atom. The molecule has 92 valence electrons. The van der Waals surface area contributed by atoms with E-state index in [9.17, 15) is 0 Å². The molecule has 0 spiro atoms. The van der Waals surface area contributed by atoms with Gasteiger partial charge in [0.25, 0.3) is 0 Å². The predicted octanol–water partition coefficient (Wildman–Crippen LogP) is 3.56. The zero-order chi connectivity index (χ0) is 11.3. The first-order chi connectivity index (χ1) is 7.04. The SMILES string of the molecule is C.COCN(Cc1ccccc1)[Si](C)(C)C. The van der Waals surface area contributed by atoms with Crippen LogP contribution in [0.1, 0.15) is 13.0 Å². The Kier molecular flexibility index (Phi) is 6.56. The molecule has 0 radical (unpaired) electrons. The van der Waals surface area contributed by atoms with E-state index in [1.165, 1.54) is 5.56 Å². The molecule has 1 aromatic carbocycles. The first-order valence-corrected chi connectivity index (χ1v) is 8.76. The van der Waals surface area contributed by atoms with Gasteiger partial charge in [-0.2, -0.15) is 0 Å². The van der Waals surface area contributed by atoms with Gasteiger partial charge in [0.2, 0.25) is 0 Å². The van der Waals surface area contributed by atoms with Crippen molar-refractivity contribution in [3.8, 4) is 0 Å². The van der Waals surface area contributed by atoms with Gasteiger partial charge < -0.3 is 4.74 Å². The van der Waals surface area contributed by atoms with E-state index in [1.807, 2.05) is 0 Å². The molecule has 0 atom stereocenters. The summed E-state index contributed by atoms with van der Waals surface area (Å²) in [4.78, 5) is 0. The highest BCUT2D eigenvalue weighted by atomic mass is 28.3. The largest absolute Gasteiger partial charge is 0.370 e. The van der Waals surface area contributed by atoms with Crippen LogP contribution in [0.3, 0.4) is 0 Å². The van der Waals surface area contributed by atoms with E-state index in [2.05, 4.69) is 54.5 Å². The average molecular weight is 239 g/mol. The van der Waals surface area contributed by atoms with E-state index >= 15 is 0 Å². The van der Waals surface area contributed by atoms with Crippen LogP contribution < -0.4 is 0 Å². The van der Waals surface area contributed by atoms with Crippen LogP contribution in [-0.2, 0) is 11.3 Å². The van der Waals surface area contributed by atoms with E-state index < -0.39 is 8.24 Å². The smallest absolute Gasteiger partial charge is 0.122 e. The number of methoxy groups -OCH3 is 1. The van der Waals surface area contributed by atoms with Crippen molar-refractivity contribution in [3.63, 3.8) is 0 Å². The Morgan fingerprint density at radius 2 is 1.69 bits per heavy atom. The first-order valence-electron chi connectivity index (χ1n) is 5.32. The lowest BCUT2D eigenvalue weighted by molar-refractivity contribution is 0.108. The standard InChI is InChI=1S/C12H21NOSi.CH4/c1-14-11-13(15(2,3)4)10-12-8-6-5-7-9-12;/h5-9H,10-11H2,1-4H3;1H4. The fraction of sp³-hybridized carbons (Fsp3) is 0.538. The maximum absolute atomic E-state index is 5.26. The van der Waals surface area contributed by atoms with Crippen molar-refractivity contribution in [2.24, 2.45) is 0 Å². The van der Waals surface area contributed by atoms with Gasteiger partial charge in [0.15, 0.2) is 0 Å². The lowest BCUT2D eigenvalue weighted by atomic mass is 10.2. The van der Waals surface area contributed by atoms with Crippen LogP contribution in [0.15, 0.2) is 30.3 Å². The summed E-state index contributed by atoms with van der Waals surface area (Å²) in [5.41, 5.74) is 1.36. The third kappa shape index (κ3) is 4.92. The normalized spacial score (nSPS) is 11.3. The molecule has 0 saturated carbocycles. The van der Waals surface area contributed by atoms with Crippen LogP contribution in [0.25, 0.3) is 0 Å². The molecular weight excluding hydrogens is 214 g/mol. The van der Waals surface area contributed by atoms with E-state index in [-0.39, 0.29) is 7.43 Å². The fourth-order valence-corrected chi connectivity index (χ4v) is 2.61. The highest BCUT2D eigenvalue weighted by molar-refractivity contribution is 6.73. The molecule has 1 rings (SSSR count). The van der Waals surface area contributed by atoms with Gasteiger partial charge in [0, 0.05) is 13.7 Å². The molecule has 0 aliphatic carbocycles. The van der Waals surface area contributed by atoms with Crippen LogP contribution >= 0.6 is 0 Å². The minimum Gasteiger partial charge on any atom is -0.370 e. The van der Waals surface area contributed by atoms with Gasteiger partial charge in [-0.15, -0.1) is 0 Å². The van der Waals surface area contributed by atoms with Gasteiger partial charge in [0.1, 0.15) is 8.24 Å². The Morgan fingerprint density at radius 3 is 2.12 bits per heavy atom. The molecule has 0 unspecified atom stereocenters. The maximum atomic E-state index is 5.26. The number of ether oxygens (including phenoxy) is 1. The second-order valence-corrected chi connectivity index (χ2v) is 9.75. The number of hydrogen-bond donors (Lipinski definition) is 0. The average Bonchev–Trinajstić information content (AvgIpc) is 2.17. The van der Waals surface area contributed by atoms with Crippen LogP contribution in [0.2, 0.25) is 19.6 Å². The molecule has 0 bridgehead atoms. The van der Waals surface area contributed by atoms with Gasteiger partial charge >= 0.3 is 0 Å². The summed E-state index contributed by atoms with van der Waals surface area (Å²) in [7, 11) is 0.480. The van der Waals surface area contributed by atoms with Crippen molar-refractivity contribution in [1.82, 2.24) is 4.57 Å². The van der Waals surface area contributed by atoms with E-state index in [0.29, 0.717) is 0 Å². The zero-order valence-electron chi connectivity index (χ0n) is 10.2. The molecule has 3 heteroatoms. The number of benzene rings is 1. The molecule has 0 N–H and O–H groups in total. The highest BCUT2D eigenvalue weighted by Crippen LogP contribution is 2.13. The second-order valence-electron chi connectivity index (χ2n) is 4.77. The van der Waals surface area contributed by atoms with Crippen LogP contribution in [0, 0.1) is 0 Å². The van der Waals surface area contributed by atoms with Gasteiger partial charge in [-0.3, -0.25) is 4.57 Å². The summed E-state index contributed by atoms with van der Waals surface area (Å²) in [5.74, 6) is 0. The Labute approximate surface area is 101 Å². The summed E-state index contributed by atoms with van der Waals surface area (Å²) < 4.78 is 7.71. The number of rotatable bonds is 5. The highest BCUT2D eigenvalue weighted by Gasteiger charge is 2.23. The first kappa shape index (κ1) is 15.4. The molecule has 0 heterocycles. The summed E-state index contributed by atoms with van der Waals surface area (Å²) >= 11 is 0. The molecule has 0 fully saturated rings. The molecule has 0 aromatic heterocycles. The summed E-state index contributed by atoms with van der Waals surface area (Å²) in [5, 5.41) is 0. The van der Waals surface area contributed by atoms with Crippen molar-refractivity contribution in [2.45, 2.75) is 33.6 Å². The molecule has 0 saturated heterocycles. The molecular formula is C13H25NOSi. The monoisotopic (exact) mass is 239 g/mol. The summed E-state index contributed by atoms with van der Waals surface area (Å²) in [6.07, 6.45) is 0. The molecule has 0 aliphatic heterocycles. The van der Waals surface area contributed by atoms with E-state index in [4.69, 9.17) is 4.74 Å². The van der Waals surface area contributed by atoms with Crippen molar-refractivity contribution in [2.75, 3.05) is 13.8 Å². The third-order valence-corrected chi connectivity index (χ3v) is 4.63. The Bertz CT molecular complexity index is 282. The predicted molar refractivity (Wildman–Crippen MR) is 73.9 cm³/mol. The quantitative estimate of drug-likeness (QED) is 0.575. The van der Waals surface area contributed by atoms with Gasteiger partial charge in [-0.25, -0.2) is 0 Å². The van der Waals surface area contributed by atoms with Crippen molar-refractivity contribution < 1.29 is 4.74 Å². The summed E-state index contributed by atoms with van der Waals surface area (Å²) in [6.45, 7) is 8.74. The molecule has 0 aliphatic rings. The van der Waals surface area contributed by atoms with Gasteiger partial charge in [-0.1, -0.05) is 57.4 Å². The topological polar surface area (TPSA) is 12.5 Å². The van der Waals surface area contributed by atoms with Gasteiger partial charge in [-0.05, 0) is 5.56 Å². The fourth-order valence-electron chi connectivity index (χ4n) is 1.44. The minimum absolute atomic E-state index is 0. The molecule has 1 aromatic rings. The summed E-state index contributed by atoms with van der Waals surface area (Å²) in [6, 6.07) is 10.6. The van der Waals surface area contributed by atoms with E-state index in [1.54, 1.807) is 7.11 Å². The zero-order valence-corrected chi connectivity index (χ0v) is 11.2. The van der Waals surface area contributed by atoms with E-state index in [0.717, 1.165) is 13.3 Å². The number of nitrogens with zero attached hydrogens (tertiary/aromatic N) is 1. The lowest BCUT2D eigenvalue weighted by Crippen LogP contribution is -2.46.